The lowest BCUT2D eigenvalue weighted by atomic mass is 9.86. The van der Waals surface area contributed by atoms with Gasteiger partial charge in [-0.3, -0.25) is 4.90 Å². The summed E-state index contributed by atoms with van der Waals surface area (Å²) in [6.07, 6.45) is 6.79. The second-order valence-corrected chi connectivity index (χ2v) is 7.12. The number of hydrogen-bond donors (Lipinski definition) is 1. The monoisotopic (exact) mass is 266 g/mol. The molecule has 0 aromatic rings. The van der Waals surface area contributed by atoms with Crippen LogP contribution in [0, 0.1) is 11.8 Å². The van der Waals surface area contributed by atoms with Gasteiger partial charge in [-0.25, -0.2) is 0 Å². The maximum atomic E-state index is 3.88. The summed E-state index contributed by atoms with van der Waals surface area (Å²) in [4.78, 5) is 2.84. The molecule has 1 saturated heterocycles. The van der Waals surface area contributed by atoms with Crippen molar-refractivity contribution in [2.45, 2.75) is 84.3 Å². The highest BCUT2D eigenvalue weighted by Crippen LogP contribution is 2.42. The van der Waals surface area contributed by atoms with E-state index >= 15 is 0 Å². The molecule has 0 aromatic heterocycles. The molecular weight excluding hydrogens is 232 g/mol. The molecule has 0 radical (unpaired) electrons. The lowest BCUT2D eigenvalue weighted by Crippen LogP contribution is -2.66. The summed E-state index contributed by atoms with van der Waals surface area (Å²) in [6, 6.07) is 1.47. The Morgan fingerprint density at radius 1 is 1.21 bits per heavy atom. The summed E-state index contributed by atoms with van der Waals surface area (Å²) in [6.45, 7) is 14.4. The van der Waals surface area contributed by atoms with Gasteiger partial charge in [0.05, 0.1) is 0 Å². The van der Waals surface area contributed by atoms with Gasteiger partial charge in [-0.15, -0.1) is 0 Å². The number of nitrogens with one attached hydrogen (secondary N) is 1. The molecule has 0 amide bonds. The molecular formula is C17H34N2. The minimum Gasteiger partial charge on any atom is -0.308 e. The minimum atomic E-state index is 0.381. The standard InChI is InChI=1S/C17H34N2/c1-6-14(7-2)13(4)19-12-17(5,15-9-10-15)18-11-16(19)8-3/h13-16,18H,6-12H2,1-5H3. The second kappa shape index (κ2) is 6.13. The van der Waals surface area contributed by atoms with Crippen LogP contribution in [0.1, 0.15) is 66.7 Å². The highest BCUT2D eigenvalue weighted by Gasteiger charge is 2.46. The first-order valence-electron chi connectivity index (χ1n) is 8.56. The zero-order valence-corrected chi connectivity index (χ0v) is 13.7. The van der Waals surface area contributed by atoms with Crippen LogP contribution in [0.5, 0.6) is 0 Å². The third-order valence-electron chi connectivity index (χ3n) is 5.93. The topological polar surface area (TPSA) is 15.3 Å². The summed E-state index contributed by atoms with van der Waals surface area (Å²) in [5, 5.41) is 3.88. The number of rotatable bonds is 6. The van der Waals surface area contributed by atoms with E-state index in [1.807, 2.05) is 0 Å². The second-order valence-electron chi connectivity index (χ2n) is 7.12. The molecule has 2 rings (SSSR count). The molecule has 2 nitrogen and oxygen atoms in total. The highest BCUT2D eigenvalue weighted by molar-refractivity contribution is 5.05. The molecule has 1 aliphatic heterocycles. The molecule has 0 spiro atoms. The normalized spacial score (nSPS) is 34.7. The molecule has 3 atom stereocenters. The fourth-order valence-electron chi connectivity index (χ4n) is 4.12. The van der Waals surface area contributed by atoms with E-state index in [-0.39, 0.29) is 0 Å². The Hall–Kier alpha value is -0.0800. The zero-order chi connectivity index (χ0) is 14.0. The van der Waals surface area contributed by atoms with Crippen molar-refractivity contribution >= 4 is 0 Å². The van der Waals surface area contributed by atoms with Gasteiger partial charge in [0.25, 0.3) is 0 Å². The predicted octanol–water partition coefficient (Wildman–Crippen LogP) is 3.66. The Balaban J connectivity index is 2.08. The Morgan fingerprint density at radius 3 is 2.32 bits per heavy atom. The van der Waals surface area contributed by atoms with Crippen LogP contribution >= 0.6 is 0 Å². The minimum absolute atomic E-state index is 0.381. The Labute approximate surface area is 120 Å². The van der Waals surface area contributed by atoms with Gasteiger partial charge >= 0.3 is 0 Å². The van der Waals surface area contributed by atoms with Crippen LogP contribution in [0.2, 0.25) is 0 Å². The summed E-state index contributed by atoms with van der Waals surface area (Å²) >= 11 is 0. The first-order valence-corrected chi connectivity index (χ1v) is 8.56. The van der Waals surface area contributed by atoms with Crippen molar-refractivity contribution in [3.8, 4) is 0 Å². The SMILES string of the molecule is CCC(CC)C(C)N1CC(C)(C2CC2)NCC1CC. The van der Waals surface area contributed by atoms with E-state index in [0.29, 0.717) is 5.54 Å². The Morgan fingerprint density at radius 2 is 1.84 bits per heavy atom. The van der Waals surface area contributed by atoms with Crippen molar-refractivity contribution in [2.24, 2.45) is 11.8 Å². The molecule has 19 heavy (non-hydrogen) atoms. The van der Waals surface area contributed by atoms with Gasteiger partial charge in [-0.05, 0) is 44.9 Å². The summed E-state index contributed by atoms with van der Waals surface area (Å²) in [5.41, 5.74) is 0.381. The van der Waals surface area contributed by atoms with Crippen LogP contribution in [0.4, 0.5) is 0 Å². The molecule has 3 unspecified atom stereocenters. The lowest BCUT2D eigenvalue weighted by Gasteiger charge is -2.50. The summed E-state index contributed by atoms with van der Waals surface area (Å²) < 4.78 is 0. The van der Waals surface area contributed by atoms with E-state index in [1.54, 1.807) is 0 Å². The molecule has 1 saturated carbocycles. The van der Waals surface area contributed by atoms with E-state index < -0.39 is 0 Å². The highest BCUT2D eigenvalue weighted by atomic mass is 15.3. The maximum Gasteiger partial charge on any atom is 0.0309 e. The van der Waals surface area contributed by atoms with Crippen LogP contribution in [0.3, 0.4) is 0 Å². The van der Waals surface area contributed by atoms with Crippen molar-refractivity contribution in [1.82, 2.24) is 10.2 Å². The molecule has 1 N–H and O–H groups in total. The van der Waals surface area contributed by atoms with Crippen molar-refractivity contribution in [3.63, 3.8) is 0 Å². The van der Waals surface area contributed by atoms with E-state index in [4.69, 9.17) is 0 Å². The fourth-order valence-corrected chi connectivity index (χ4v) is 4.12. The third kappa shape index (κ3) is 3.16. The van der Waals surface area contributed by atoms with Gasteiger partial charge in [0, 0.05) is 30.7 Å². The number of nitrogens with zero attached hydrogens (tertiary/aromatic N) is 1. The van der Waals surface area contributed by atoms with Gasteiger partial charge in [0.1, 0.15) is 0 Å². The predicted molar refractivity (Wildman–Crippen MR) is 83.5 cm³/mol. The van der Waals surface area contributed by atoms with Crippen molar-refractivity contribution in [1.29, 1.82) is 0 Å². The Bertz CT molecular complexity index is 283. The van der Waals surface area contributed by atoms with Crippen molar-refractivity contribution in [3.05, 3.63) is 0 Å². The van der Waals surface area contributed by atoms with Crippen molar-refractivity contribution in [2.75, 3.05) is 13.1 Å². The average molecular weight is 266 g/mol. The van der Waals surface area contributed by atoms with Crippen LogP contribution < -0.4 is 5.32 Å². The molecule has 2 fully saturated rings. The first-order chi connectivity index (χ1) is 9.05. The van der Waals surface area contributed by atoms with E-state index in [9.17, 15) is 0 Å². The van der Waals surface area contributed by atoms with Crippen molar-refractivity contribution < 1.29 is 0 Å². The van der Waals surface area contributed by atoms with Crippen LogP contribution in [0.15, 0.2) is 0 Å². The van der Waals surface area contributed by atoms with Gasteiger partial charge < -0.3 is 5.32 Å². The van der Waals surface area contributed by atoms with E-state index in [2.05, 4.69) is 44.8 Å². The van der Waals surface area contributed by atoms with Gasteiger partial charge in [0.2, 0.25) is 0 Å². The van der Waals surface area contributed by atoms with Crippen LogP contribution in [0.25, 0.3) is 0 Å². The molecule has 1 aliphatic carbocycles. The quantitative estimate of drug-likeness (QED) is 0.789. The average Bonchev–Trinajstić information content (AvgIpc) is 3.24. The molecule has 112 valence electrons. The van der Waals surface area contributed by atoms with Gasteiger partial charge in [-0.2, -0.15) is 0 Å². The molecule has 2 aliphatic rings. The van der Waals surface area contributed by atoms with Gasteiger partial charge in [0.15, 0.2) is 0 Å². The zero-order valence-electron chi connectivity index (χ0n) is 13.7. The van der Waals surface area contributed by atoms with Gasteiger partial charge in [-0.1, -0.05) is 33.6 Å². The third-order valence-corrected chi connectivity index (χ3v) is 5.93. The Kier molecular flexibility index (Phi) is 4.94. The van der Waals surface area contributed by atoms with Crippen LogP contribution in [-0.4, -0.2) is 35.6 Å². The number of piperazine rings is 1. The largest absolute Gasteiger partial charge is 0.308 e. The smallest absolute Gasteiger partial charge is 0.0309 e. The maximum absolute atomic E-state index is 3.88. The molecule has 0 bridgehead atoms. The van der Waals surface area contributed by atoms with E-state index in [1.165, 1.54) is 45.2 Å². The molecule has 1 heterocycles. The van der Waals surface area contributed by atoms with E-state index in [0.717, 1.165) is 23.9 Å². The summed E-state index contributed by atoms with van der Waals surface area (Å²) in [7, 11) is 0. The summed E-state index contributed by atoms with van der Waals surface area (Å²) in [5.74, 6) is 1.79. The number of hydrogen-bond acceptors (Lipinski definition) is 2. The first kappa shape index (κ1) is 15.3. The van der Waals surface area contributed by atoms with Crippen LogP contribution in [-0.2, 0) is 0 Å². The molecule has 0 aromatic carbocycles. The fraction of sp³-hybridized carbons (Fsp3) is 1.00. The molecule has 2 heteroatoms. The lowest BCUT2D eigenvalue weighted by molar-refractivity contribution is 0.0196.